The van der Waals surface area contributed by atoms with Gasteiger partial charge in [-0.05, 0) is 25.3 Å². The monoisotopic (exact) mass is 270 g/mol. The van der Waals surface area contributed by atoms with Crippen LogP contribution in [0.15, 0.2) is 0 Å². The third kappa shape index (κ3) is 6.02. The van der Waals surface area contributed by atoms with Crippen molar-refractivity contribution in [3.05, 3.63) is 0 Å². The number of carbonyl (C=O) groups excluding carboxylic acids is 2. The van der Waals surface area contributed by atoms with Crippen LogP contribution in [0.5, 0.6) is 0 Å². The lowest BCUT2D eigenvalue weighted by atomic mass is 10.0. The van der Waals surface area contributed by atoms with Gasteiger partial charge in [-0.15, -0.1) is 0 Å². The summed E-state index contributed by atoms with van der Waals surface area (Å²) in [6.45, 7) is 4.67. The number of hydrogen-bond donors (Lipinski definition) is 3. The Morgan fingerprint density at radius 1 is 1.32 bits per heavy atom. The van der Waals surface area contributed by atoms with Crippen molar-refractivity contribution in [2.75, 3.05) is 33.2 Å². The van der Waals surface area contributed by atoms with Crippen LogP contribution in [0.3, 0.4) is 0 Å². The standard InChI is InChI=1S/C13H26N4O2/c1-10(8-14)7-12(18)16-11-3-5-17(6-4-11)9-13(19)15-2/h10-11H,3-9,14H2,1-2H3,(H,15,19)(H,16,18). The Bertz CT molecular complexity index is 301. The van der Waals surface area contributed by atoms with Crippen molar-refractivity contribution in [3.63, 3.8) is 0 Å². The molecule has 19 heavy (non-hydrogen) atoms. The van der Waals surface area contributed by atoms with Crippen LogP contribution in [0.4, 0.5) is 0 Å². The van der Waals surface area contributed by atoms with Gasteiger partial charge in [0, 0.05) is 32.6 Å². The molecule has 110 valence electrons. The van der Waals surface area contributed by atoms with E-state index in [1.54, 1.807) is 7.05 Å². The molecule has 0 aromatic carbocycles. The quantitative estimate of drug-likeness (QED) is 0.595. The first-order valence-corrected chi connectivity index (χ1v) is 6.97. The van der Waals surface area contributed by atoms with Crippen LogP contribution in [0.1, 0.15) is 26.2 Å². The molecule has 0 bridgehead atoms. The lowest BCUT2D eigenvalue weighted by Gasteiger charge is -2.31. The minimum absolute atomic E-state index is 0.0410. The van der Waals surface area contributed by atoms with E-state index in [2.05, 4.69) is 15.5 Å². The molecule has 1 aliphatic rings. The lowest BCUT2D eigenvalue weighted by Crippen LogP contribution is -2.47. The molecule has 0 aromatic rings. The van der Waals surface area contributed by atoms with E-state index in [0.29, 0.717) is 19.5 Å². The summed E-state index contributed by atoms with van der Waals surface area (Å²) < 4.78 is 0. The Morgan fingerprint density at radius 2 is 1.95 bits per heavy atom. The second kappa shape index (κ2) is 8.12. The molecule has 1 atom stereocenters. The smallest absolute Gasteiger partial charge is 0.233 e. The Morgan fingerprint density at radius 3 is 2.47 bits per heavy atom. The van der Waals surface area contributed by atoms with Crippen molar-refractivity contribution in [1.29, 1.82) is 0 Å². The number of amides is 2. The second-order valence-corrected chi connectivity index (χ2v) is 5.34. The molecular formula is C13H26N4O2. The van der Waals surface area contributed by atoms with Gasteiger partial charge in [-0.2, -0.15) is 0 Å². The number of hydrogen-bond acceptors (Lipinski definition) is 4. The van der Waals surface area contributed by atoms with Gasteiger partial charge in [-0.25, -0.2) is 0 Å². The molecule has 6 nitrogen and oxygen atoms in total. The van der Waals surface area contributed by atoms with Gasteiger partial charge in [0.2, 0.25) is 11.8 Å². The van der Waals surface area contributed by atoms with Gasteiger partial charge in [0.1, 0.15) is 0 Å². The van der Waals surface area contributed by atoms with Crippen LogP contribution in [-0.2, 0) is 9.59 Å². The van der Waals surface area contributed by atoms with Gasteiger partial charge in [0.25, 0.3) is 0 Å². The molecule has 1 saturated heterocycles. The van der Waals surface area contributed by atoms with E-state index in [4.69, 9.17) is 5.73 Å². The highest BCUT2D eigenvalue weighted by atomic mass is 16.2. The van der Waals surface area contributed by atoms with E-state index in [0.717, 1.165) is 25.9 Å². The third-order valence-corrected chi connectivity index (χ3v) is 3.53. The first-order valence-electron chi connectivity index (χ1n) is 6.97. The van der Waals surface area contributed by atoms with E-state index in [9.17, 15) is 9.59 Å². The van der Waals surface area contributed by atoms with Gasteiger partial charge in [0.15, 0.2) is 0 Å². The van der Waals surface area contributed by atoms with Crippen molar-refractivity contribution < 1.29 is 9.59 Å². The summed E-state index contributed by atoms with van der Waals surface area (Å²) >= 11 is 0. The van der Waals surface area contributed by atoms with Gasteiger partial charge < -0.3 is 16.4 Å². The zero-order chi connectivity index (χ0) is 14.3. The van der Waals surface area contributed by atoms with E-state index < -0.39 is 0 Å². The molecule has 0 radical (unpaired) electrons. The zero-order valence-corrected chi connectivity index (χ0v) is 11.9. The highest BCUT2D eigenvalue weighted by molar-refractivity contribution is 5.77. The van der Waals surface area contributed by atoms with E-state index in [-0.39, 0.29) is 23.8 Å². The zero-order valence-electron chi connectivity index (χ0n) is 11.9. The van der Waals surface area contributed by atoms with Gasteiger partial charge in [-0.1, -0.05) is 6.92 Å². The van der Waals surface area contributed by atoms with Crippen molar-refractivity contribution in [1.82, 2.24) is 15.5 Å². The first-order chi connectivity index (χ1) is 9.05. The highest BCUT2D eigenvalue weighted by Crippen LogP contribution is 2.10. The maximum atomic E-state index is 11.7. The normalized spacial score (nSPS) is 18.9. The fourth-order valence-electron chi connectivity index (χ4n) is 2.20. The predicted molar refractivity (Wildman–Crippen MR) is 74.5 cm³/mol. The number of likely N-dealkylation sites (tertiary alicyclic amines) is 1. The number of nitrogens with two attached hydrogens (primary N) is 1. The van der Waals surface area contributed by atoms with E-state index in [1.807, 2.05) is 6.92 Å². The molecule has 1 rings (SSSR count). The highest BCUT2D eigenvalue weighted by Gasteiger charge is 2.22. The van der Waals surface area contributed by atoms with E-state index in [1.165, 1.54) is 0 Å². The Kier molecular flexibility index (Phi) is 6.80. The largest absolute Gasteiger partial charge is 0.358 e. The van der Waals surface area contributed by atoms with Gasteiger partial charge in [0.05, 0.1) is 6.54 Å². The van der Waals surface area contributed by atoms with E-state index >= 15 is 0 Å². The van der Waals surface area contributed by atoms with Gasteiger partial charge in [-0.3, -0.25) is 14.5 Å². The summed E-state index contributed by atoms with van der Waals surface area (Å²) in [4.78, 5) is 25.1. The second-order valence-electron chi connectivity index (χ2n) is 5.34. The summed E-state index contributed by atoms with van der Waals surface area (Å²) in [6.07, 6.45) is 2.30. The van der Waals surface area contributed by atoms with Crippen molar-refractivity contribution in [2.45, 2.75) is 32.2 Å². The molecule has 1 unspecified atom stereocenters. The number of nitrogens with zero attached hydrogens (tertiary/aromatic N) is 1. The molecule has 4 N–H and O–H groups in total. The van der Waals surface area contributed by atoms with Crippen molar-refractivity contribution in [2.24, 2.45) is 11.7 Å². The molecule has 1 heterocycles. The fraction of sp³-hybridized carbons (Fsp3) is 0.846. The average molecular weight is 270 g/mol. The third-order valence-electron chi connectivity index (χ3n) is 3.53. The van der Waals surface area contributed by atoms with Crippen LogP contribution in [0.25, 0.3) is 0 Å². The Labute approximate surface area is 115 Å². The van der Waals surface area contributed by atoms with Crippen LogP contribution in [0.2, 0.25) is 0 Å². The fourth-order valence-corrected chi connectivity index (χ4v) is 2.20. The molecule has 0 aromatic heterocycles. The maximum Gasteiger partial charge on any atom is 0.233 e. The van der Waals surface area contributed by atoms with Gasteiger partial charge >= 0.3 is 0 Å². The van der Waals surface area contributed by atoms with Crippen LogP contribution >= 0.6 is 0 Å². The lowest BCUT2D eigenvalue weighted by molar-refractivity contribution is -0.124. The molecular weight excluding hydrogens is 244 g/mol. The first kappa shape index (κ1) is 15.9. The number of likely N-dealkylation sites (N-methyl/N-ethyl adjacent to an activating group) is 1. The summed E-state index contributed by atoms with van der Waals surface area (Å²) in [5.41, 5.74) is 5.51. The summed E-state index contributed by atoms with van der Waals surface area (Å²) in [7, 11) is 1.65. The van der Waals surface area contributed by atoms with Crippen molar-refractivity contribution >= 4 is 11.8 Å². The molecule has 1 fully saturated rings. The molecule has 0 saturated carbocycles. The number of nitrogens with one attached hydrogen (secondary N) is 2. The molecule has 0 spiro atoms. The Balaban J connectivity index is 2.22. The minimum Gasteiger partial charge on any atom is -0.358 e. The SMILES string of the molecule is CNC(=O)CN1CCC(NC(=O)CC(C)CN)CC1. The minimum atomic E-state index is 0.0410. The predicted octanol–water partition coefficient (Wildman–Crippen LogP) is -0.702. The number of carbonyl (C=O) groups is 2. The number of rotatable bonds is 6. The van der Waals surface area contributed by atoms with Crippen LogP contribution in [0, 0.1) is 5.92 Å². The topological polar surface area (TPSA) is 87.5 Å². The number of piperidine rings is 1. The maximum absolute atomic E-state index is 11.7. The molecule has 1 aliphatic heterocycles. The molecule has 2 amide bonds. The molecule has 0 aliphatic carbocycles. The average Bonchev–Trinajstić information content (AvgIpc) is 2.40. The molecule has 6 heteroatoms. The van der Waals surface area contributed by atoms with Crippen LogP contribution in [-0.4, -0.2) is 56.0 Å². The summed E-state index contributed by atoms with van der Waals surface area (Å²) in [6, 6.07) is 0.235. The van der Waals surface area contributed by atoms with Crippen LogP contribution < -0.4 is 16.4 Å². The Hall–Kier alpha value is -1.14. The summed E-state index contributed by atoms with van der Waals surface area (Å²) in [5.74, 6) is 0.357. The summed E-state index contributed by atoms with van der Waals surface area (Å²) in [5, 5.41) is 5.67. The van der Waals surface area contributed by atoms with Crippen molar-refractivity contribution in [3.8, 4) is 0 Å².